The molecule has 15 atom stereocenters. The van der Waals surface area contributed by atoms with Crippen molar-refractivity contribution in [2.75, 3.05) is 31.8 Å². The molecule has 3 heterocycles. The zero-order valence-electron chi connectivity index (χ0n) is 35.4. The molecule has 0 saturated carbocycles. The largest absolute Gasteiger partial charge is 0.463 e. The first-order valence-electron chi connectivity index (χ1n) is 20.1. The maximum atomic E-state index is 12.8. The molecule has 3 N–H and O–H groups in total. The summed E-state index contributed by atoms with van der Waals surface area (Å²) in [5.41, 5.74) is 0. The third-order valence-corrected chi connectivity index (χ3v) is 8.53. The topological polar surface area (TPSA) is 300 Å². The lowest BCUT2D eigenvalue weighted by Crippen LogP contribution is -2.68. The predicted octanol–water partition coefficient (Wildman–Crippen LogP) is -2.16. The number of carbonyl (C=O) groups is 7. The van der Waals surface area contributed by atoms with Crippen LogP contribution in [0.3, 0.4) is 0 Å². The number of aliphatic hydroxyl groups is 3. The highest BCUT2D eigenvalue weighted by atomic mass is 79.9. The van der Waals surface area contributed by atoms with E-state index in [1.807, 2.05) is 0 Å². The van der Waals surface area contributed by atoms with Crippen LogP contribution >= 0.6 is 15.9 Å². The van der Waals surface area contributed by atoms with Crippen LogP contribution in [0.1, 0.15) is 53.9 Å². The van der Waals surface area contributed by atoms with Gasteiger partial charge in [0.25, 0.3) is 0 Å². The molecule has 3 aliphatic rings. The lowest BCUT2D eigenvalue weighted by atomic mass is 9.95. The van der Waals surface area contributed by atoms with Gasteiger partial charge < -0.3 is 76.9 Å². The molecule has 3 fully saturated rings. The van der Waals surface area contributed by atoms with Crippen LogP contribution in [0.25, 0.3) is 0 Å². The van der Waals surface area contributed by atoms with Gasteiger partial charge in [0, 0.05) is 59.2 Å². The maximum absolute atomic E-state index is 12.8. The van der Waals surface area contributed by atoms with Crippen molar-refractivity contribution in [2.24, 2.45) is 0 Å². The second-order valence-electron chi connectivity index (χ2n) is 12.6. The van der Waals surface area contributed by atoms with Crippen molar-refractivity contribution in [1.29, 1.82) is 0 Å². The second kappa shape index (κ2) is 22.7. The first-order valence-corrected chi connectivity index (χ1v) is 18.4. The summed E-state index contributed by atoms with van der Waals surface area (Å²) in [5, 5.41) is 32.5. The van der Waals surface area contributed by atoms with Gasteiger partial charge in [0.2, 0.25) is 0 Å². The van der Waals surface area contributed by atoms with Gasteiger partial charge in [0.05, 0.1) is 13.2 Å². The molecule has 24 heteroatoms. The number of alkyl halides is 1. The number of hydrogen-bond acceptors (Lipinski definition) is 23. The van der Waals surface area contributed by atoms with Crippen LogP contribution in [0.2, 0.25) is 0 Å². The Balaban J connectivity index is 2.21. The Morgan fingerprint density at radius 3 is 1.47 bits per heavy atom. The summed E-state index contributed by atoms with van der Waals surface area (Å²) in [6.07, 6.45) is -27.7. The fraction of sp³-hybridized carbons (Fsp3) is 0.794. The van der Waals surface area contributed by atoms with Crippen LogP contribution in [0, 0.1) is 0 Å². The van der Waals surface area contributed by atoms with Gasteiger partial charge in [-0.1, -0.05) is 15.9 Å². The van der Waals surface area contributed by atoms with Crippen molar-refractivity contribution in [3.63, 3.8) is 0 Å². The molecule has 3 rings (SSSR count). The van der Waals surface area contributed by atoms with Crippen molar-refractivity contribution in [3.05, 3.63) is 0 Å². The van der Waals surface area contributed by atoms with Gasteiger partial charge in [-0.05, 0) is 0 Å². The van der Waals surface area contributed by atoms with E-state index in [1.54, 1.807) is 0 Å². The molecule has 0 aromatic heterocycles. The molecular formula is C34H49BrO23. The van der Waals surface area contributed by atoms with Crippen LogP contribution in [-0.2, 0) is 95.1 Å². The molecule has 0 aliphatic carbocycles. The first kappa shape index (κ1) is 42.5. The van der Waals surface area contributed by atoms with Gasteiger partial charge in [-0.15, -0.1) is 0 Å². The number of halogens is 1. The molecular weight excluding hydrogens is 856 g/mol. The van der Waals surface area contributed by atoms with Crippen LogP contribution in [0.5, 0.6) is 0 Å². The molecule has 3 saturated heterocycles. The van der Waals surface area contributed by atoms with Gasteiger partial charge in [-0.3, -0.25) is 33.6 Å². The summed E-state index contributed by atoms with van der Waals surface area (Å²) in [5.74, 6) is -8.05. The number of ether oxygens (including phenoxy) is 13. The molecule has 0 bridgehead atoms. The minimum Gasteiger partial charge on any atom is -0.463 e. The van der Waals surface area contributed by atoms with E-state index in [-0.39, 0.29) is 6.61 Å². The monoisotopic (exact) mass is 908 g/mol. The Labute approximate surface area is 345 Å². The smallest absolute Gasteiger partial charge is 0.303 e. The van der Waals surface area contributed by atoms with Gasteiger partial charge >= 0.3 is 41.8 Å². The Kier molecular flexibility index (Phi) is 16.6. The molecule has 3 aliphatic heterocycles. The molecule has 58 heavy (non-hydrogen) atoms. The van der Waals surface area contributed by atoms with Crippen LogP contribution in [0.15, 0.2) is 0 Å². The normalized spacial score (nSPS) is 35.7. The maximum Gasteiger partial charge on any atom is 0.303 e. The van der Waals surface area contributed by atoms with Crippen LogP contribution in [-0.4, -0.2) is 181 Å². The van der Waals surface area contributed by atoms with E-state index < -0.39 is 181 Å². The van der Waals surface area contributed by atoms with Crippen molar-refractivity contribution >= 4 is 57.7 Å². The molecule has 330 valence electrons. The van der Waals surface area contributed by atoms with E-state index >= 15 is 0 Å². The quantitative estimate of drug-likeness (QED) is 0.0796. The van der Waals surface area contributed by atoms with E-state index in [0.717, 1.165) is 20.8 Å². The summed E-state index contributed by atoms with van der Waals surface area (Å²) < 4.78 is 103. The Bertz CT molecular complexity index is 1530. The number of carbonyl (C=O) groups excluding carboxylic acids is 7. The number of hydrogen-bond donors (Lipinski definition) is 3. The first-order chi connectivity index (χ1) is 29.4. The second-order valence-corrected chi connectivity index (χ2v) is 13.3. The minimum absolute atomic E-state index is 0.0109. The van der Waals surface area contributed by atoms with Gasteiger partial charge in [0.15, 0.2) is 49.4 Å². The van der Waals surface area contributed by atoms with Crippen LogP contribution < -0.4 is 0 Å². The molecule has 0 radical (unpaired) electrons. The average molecular weight is 910 g/mol. The van der Waals surface area contributed by atoms with Gasteiger partial charge in [0.1, 0.15) is 55.9 Å². The average Bonchev–Trinajstić information content (AvgIpc) is 3.23. The fourth-order valence-electron chi connectivity index (χ4n) is 6.11. The van der Waals surface area contributed by atoms with Crippen LogP contribution in [0.4, 0.5) is 0 Å². The van der Waals surface area contributed by atoms with E-state index in [4.69, 9.17) is 67.1 Å². The van der Waals surface area contributed by atoms with E-state index in [2.05, 4.69) is 15.9 Å². The van der Waals surface area contributed by atoms with E-state index in [1.165, 1.54) is 0 Å². The van der Waals surface area contributed by atoms with Crippen molar-refractivity contribution in [2.45, 2.75) is 140 Å². The number of aliphatic hydroxyl groups excluding tert-OH is 3. The molecule has 23 nitrogen and oxygen atoms in total. The number of esters is 7. The third kappa shape index (κ3) is 13.7. The lowest BCUT2D eigenvalue weighted by molar-refractivity contribution is -0.379. The Morgan fingerprint density at radius 2 is 0.966 bits per heavy atom. The Hall–Kier alpha value is -3.59. The lowest BCUT2D eigenvalue weighted by Gasteiger charge is -2.50. The SMILES string of the molecule is [2H]CC(=O)OC[C@H]1OC(O[C@@H]2[C@H](OC(C)=O)[C@@H](OC(C)=O)[C@H](O[C@H]3[C@H](O)[C@@H](O)[C@H](OCCBr)O[C@@H]3CO)O[C@@H]2COC(C)=O)[C@H](OC(=O)C[2H])[C@@H](OC(=O)C[2H])[C@H]1OC(=O)C[2H]. The highest BCUT2D eigenvalue weighted by Crippen LogP contribution is 2.37. The highest BCUT2D eigenvalue weighted by Gasteiger charge is 2.59. The standard InChI is InChI=1S/C34H49BrO23/c1-13(37)47-11-21-26(49-15(3)39)28(50-16(4)40)30(52-18(6)42)34(55-21)58-27-22(12-48-14(2)38)56-33(31(53-19(7)43)29(27)51-17(5)41)57-25-20(10-36)54-32(46-9-8-35)24(45)23(25)44/h20-34,36,44-45H,8-12H2,1-7H3/t20-,21-,22-,23-,24-,25-,26+,27+,28+,29+,30-,31-,32-,33+,34?/m1/s1/i1D,3D,4D,6D. The van der Waals surface area contributed by atoms with Gasteiger partial charge in [-0.2, -0.15) is 0 Å². The zero-order chi connectivity index (χ0) is 46.3. The zero-order valence-corrected chi connectivity index (χ0v) is 33.0. The van der Waals surface area contributed by atoms with E-state index in [9.17, 15) is 48.9 Å². The summed E-state index contributed by atoms with van der Waals surface area (Å²) in [6.45, 7) is -3.71. The highest BCUT2D eigenvalue weighted by molar-refractivity contribution is 9.09. The van der Waals surface area contributed by atoms with Crippen molar-refractivity contribution in [3.8, 4) is 0 Å². The summed E-state index contributed by atoms with van der Waals surface area (Å²) in [4.78, 5) is 87.5. The molecule has 1 unspecified atom stereocenters. The summed E-state index contributed by atoms with van der Waals surface area (Å²) >= 11 is 3.15. The minimum atomic E-state index is -2.15. The summed E-state index contributed by atoms with van der Waals surface area (Å²) in [6, 6.07) is 0. The van der Waals surface area contributed by atoms with Gasteiger partial charge in [-0.25, -0.2) is 0 Å². The fourth-order valence-corrected chi connectivity index (χ4v) is 6.30. The molecule has 0 spiro atoms. The van der Waals surface area contributed by atoms with E-state index in [0.29, 0.717) is 5.33 Å². The molecule has 0 amide bonds. The van der Waals surface area contributed by atoms with Crippen molar-refractivity contribution < 1.29 is 116 Å². The van der Waals surface area contributed by atoms with Crippen molar-refractivity contribution in [1.82, 2.24) is 0 Å². The summed E-state index contributed by atoms with van der Waals surface area (Å²) in [7, 11) is 0. The predicted molar refractivity (Wildman–Crippen MR) is 186 cm³/mol. The molecule has 0 aromatic rings. The Morgan fingerprint density at radius 1 is 0.534 bits per heavy atom. The molecule has 0 aromatic carbocycles. The third-order valence-electron chi connectivity index (χ3n) is 8.21. The number of rotatable bonds is 17.